The van der Waals surface area contributed by atoms with Crippen LogP contribution in [0.5, 0.6) is 0 Å². The number of pyridine rings is 1. The van der Waals surface area contributed by atoms with Crippen LogP contribution in [0.25, 0.3) is 0 Å². The van der Waals surface area contributed by atoms with Crippen molar-refractivity contribution in [2.45, 2.75) is 45.1 Å². The van der Waals surface area contributed by atoms with Crippen LogP contribution in [0.2, 0.25) is 0 Å². The number of ether oxygens (including phenoxy) is 1. The zero-order chi connectivity index (χ0) is 17.2. The molecule has 1 aliphatic carbocycles. The summed E-state index contributed by atoms with van der Waals surface area (Å²) in [6.07, 6.45) is 2.57. The highest BCUT2D eigenvalue weighted by atomic mass is 16.6. The first kappa shape index (κ1) is 16.7. The fourth-order valence-corrected chi connectivity index (χ4v) is 1.94. The van der Waals surface area contributed by atoms with Crippen molar-refractivity contribution in [3.8, 4) is 0 Å². The summed E-state index contributed by atoms with van der Waals surface area (Å²) in [7, 11) is 0. The third kappa shape index (κ3) is 4.94. The number of nitrogens with one attached hydrogen (secondary N) is 2. The molecular weight excluding hydrogens is 302 g/mol. The van der Waals surface area contributed by atoms with Crippen LogP contribution < -0.4 is 10.6 Å². The molecule has 1 saturated carbocycles. The Hall–Kier alpha value is -2.64. The third-order valence-electron chi connectivity index (χ3n) is 3.01. The monoisotopic (exact) mass is 321 g/mol. The summed E-state index contributed by atoms with van der Waals surface area (Å²) in [5, 5.41) is 13.4. The number of aliphatic carboxylic acids is 1. The van der Waals surface area contributed by atoms with Crippen molar-refractivity contribution in [2.75, 3.05) is 10.6 Å². The van der Waals surface area contributed by atoms with E-state index in [1.54, 1.807) is 26.8 Å². The van der Waals surface area contributed by atoms with Crippen molar-refractivity contribution in [1.82, 2.24) is 4.98 Å². The van der Waals surface area contributed by atoms with Crippen molar-refractivity contribution >= 4 is 29.5 Å². The predicted molar refractivity (Wildman–Crippen MR) is 82.3 cm³/mol. The van der Waals surface area contributed by atoms with Gasteiger partial charge in [-0.15, -0.1) is 0 Å². The van der Waals surface area contributed by atoms with Gasteiger partial charge in [-0.3, -0.25) is 10.1 Å². The summed E-state index contributed by atoms with van der Waals surface area (Å²) in [5.41, 5.74) is 0.396. The summed E-state index contributed by atoms with van der Waals surface area (Å²) in [6, 6.07) is 1.62. The maximum atomic E-state index is 11.9. The highest BCUT2D eigenvalue weighted by Crippen LogP contribution is 2.43. The Balaban J connectivity index is 2.15. The number of hydrogen-bond donors (Lipinski definition) is 3. The molecule has 1 heterocycles. The first-order valence-electron chi connectivity index (χ1n) is 7.20. The number of amides is 2. The van der Waals surface area contributed by atoms with E-state index in [0.717, 1.165) is 18.4 Å². The van der Waals surface area contributed by atoms with Crippen LogP contribution in [0.1, 0.15) is 45.1 Å². The van der Waals surface area contributed by atoms with Crippen LogP contribution in [0, 0.1) is 0 Å². The van der Waals surface area contributed by atoms with Crippen molar-refractivity contribution < 1.29 is 24.2 Å². The van der Waals surface area contributed by atoms with Gasteiger partial charge in [0.2, 0.25) is 0 Å². The average Bonchev–Trinajstić information content (AvgIpc) is 3.22. The average molecular weight is 321 g/mol. The minimum atomic E-state index is -1.58. The standard InChI is InChI=1S/C15H19N3O5/c1-15(2,3)23-14(22)18-11-10(8-4-5-8)6-9(7-16-11)17-12(19)13(20)21/h6-8H,4-5H2,1-3H3,(H,17,19)(H,20,21)(H,16,18,22). The quantitative estimate of drug-likeness (QED) is 0.735. The van der Waals surface area contributed by atoms with Gasteiger partial charge in [-0.25, -0.2) is 14.6 Å². The summed E-state index contributed by atoms with van der Waals surface area (Å²) in [6.45, 7) is 5.27. The van der Waals surface area contributed by atoms with E-state index in [2.05, 4.69) is 15.6 Å². The van der Waals surface area contributed by atoms with Crippen LogP contribution in [-0.2, 0) is 14.3 Å². The van der Waals surface area contributed by atoms with Crippen LogP contribution in [0.3, 0.4) is 0 Å². The number of carboxylic acid groups (broad SMARTS) is 1. The highest BCUT2D eigenvalue weighted by molar-refractivity contribution is 6.36. The smallest absolute Gasteiger partial charge is 0.413 e. The molecule has 0 aliphatic heterocycles. The van der Waals surface area contributed by atoms with Gasteiger partial charge in [0, 0.05) is 5.56 Å². The maximum absolute atomic E-state index is 11.9. The molecule has 23 heavy (non-hydrogen) atoms. The van der Waals surface area contributed by atoms with Gasteiger partial charge in [0.15, 0.2) is 0 Å². The molecule has 0 unspecified atom stereocenters. The molecule has 8 nitrogen and oxygen atoms in total. The number of carbonyl (C=O) groups excluding carboxylic acids is 2. The minimum absolute atomic E-state index is 0.231. The number of nitrogens with zero attached hydrogens (tertiary/aromatic N) is 1. The van der Waals surface area contributed by atoms with Gasteiger partial charge in [0.1, 0.15) is 11.4 Å². The summed E-state index contributed by atoms with van der Waals surface area (Å²) >= 11 is 0. The fraction of sp³-hybridized carbons (Fsp3) is 0.467. The summed E-state index contributed by atoms with van der Waals surface area (Å²) in [5.74, 6) is -2.13. The number of hydrogen-bond acceptors (Lipinski definition) is 5. The lowest BCUT2D eigenvalue weighted by Gasteiger charge is -2.20. The van der Waals surface area contributed by atoms with Crippen LogP contribution in [0.4, 0.5) is 16.3 Å². The van der Waals surface area contributed by atoms with E-state index in [1.807, 2.05) is 0 Å². The molecule has 1 aromatic rings. The summed E-state index contributed by atoms with van der Waals surface area (Å²) in [4.78, 5) is 37.7. The molecule has 0 spiro atoms. The van der Waals surface area contributed by atoms with Crippen LogP contribution >= 0.6 is 0 Å². The zero-order valence-corrected chi connectivity index (χ0v) is 13.2. The molecule has 0 radical (unpaired) electrons. The second-order valence-corrected chi connectivity index (χ2v) is 6.32. The first-order chi connectivity index (χ1) is 10.7. The minimum Gasteiger partial charge on any atom is -0.474 e. The van der Waals surface area contributed by atoms with E-state index in [1.165, 1.54) is 6.20 Å². The molecule has 2 amide bonds. The van der Waals surface area contributed by atoms with E-state index in [4.69, 9.17) is 9.84 Å². The van der Waals surface area contributed by atoms with Crippen LogP contribution in [0.15, 0.2) is 12.3 Å². The van der Waals surface area contributed by atoms with Gasteiger partial charge in [0.25, 0.3) is 0 Å². The molecule has 1 aromatic heterocycles. The molecule has 1 aliphatic rings. The van der Waals surface area contributed by atoms with Gasteiger partial charge in [-0.05, 0) is 45.6 Å². The second kappa shape index (κ2) is 6.23. The van der Waals surface area contributed by atoms with Crippen molar-refractivity contribution in [1.29, 1.82) is 0 Å². The number of carbonyl (C=O) groups is 3. The molecule has 0 atom stereocenters. The largest absolute Gasteiger partial charge is 0.474 e. The normalized spacial score (nSPS) is 14.0. The van der Waals surface area contributed by atoms with Gasteiger partial charge in [0.05, 0.1) is 11.9 Å². The molecule has 2 rings (SSSR count). The Morgan fingerprint density at radius 2 is 1.91 bits per heavy atom. The highest BCUT2D eigenvalue weighted by Gasteiger charge is 2.29. The second-order valence-electron chi connectivity index (χ2n) is 6.32. The molecule has 0 bridgehead atoms. The van der Waals surface area contributed by atoms with Crippen molar-refractivity contribution in [2.24, 2.45) is 0 Å². The Kier molecular flexibility index (Phi) is 4.53. The van der Waals surface area contributed by atoms with E-state index in [-0.39, 0.29) is 11.6 Å². The number of anilines is 2. The summed E-state index contributed by atoms with van der Waals surface area (Å²) < 4.78 is 5.19. The Labute approximate surface area is 133 Å². The van der Waals surface area contributed by atoms with Gasteiger partial charge >= 0.3 is 18.0 Å². The molecule has 3 N–H and O–H groups in total. The lowest BCUT2D eigenvalue weighted by atomic mass is 10.1. The molecule has 8 heteroatoms. The van der Waals surface area contributed by atoms with Crippen molar-refractivity contribution in [3.05, 3.63) is 17.8 Å². The molecule has 124 valence electrons. The SMILES string of the molecule is CC(C)(C)OC(=O)Nc1ncc(NC(=O)C(=O)O)cc1C1CC1. The van der Waals surface area contributed by atoms with E-state index in [9.17, 15) is 14.4 Å². The fourth-order valence-electron chi connectivity index (χ4n) is 1.94. The van der Waals surface area contributed by atoms with E-state index in [0.29, 0.717) is 5.82 Å². The van der Waals surface area contributed by atoms with Gasteiger partial charge in [-0.1, -0.05) is 0 Å². The number of rotatable bonds is 3. The van der Waals surface area contributed by atoms with Crippen LogP contribution in [-0.4, -0.2) is 33.7 Å². The molecular formula is C15H19N3O5. The predicted octanol–water partition coefficient (Wildman–Crippen LogP) is 2.33. The van der Waals surface area contributed by atoms with Gasteiger partial charge < -0.3 is 15.2 Å². The first-order valence-corrected chi connectivity index (χ1v) is 7.20. The zero-order valence-electron chi connectivity index (χ0n) is 13.2. The molecule has 1 fully saturated rings. The van der Waals surface area contributed by atoms with E-state index >= 15 is 0 Å². The lowest BCUT2D eigenvalue weighted by molar-refractivity contribution is -0.147. The Morgan fingerprint density at radius 3 is 2.43 bits per heavy atom. The van der Waals surface area contributed by atoms with Crippen molar-refractivity contribution in [3.63, 3.8) is 0 Å². The topological polar surface area (TPSA) is 118 Å². The number of aromatic nitrogens is 1. The maximum Gasteiger partial charge on any atom is 0.413 e. The van der Waals surface area contributed by atoms with Gasteiger partial charge in [-0.2, -0.15) is 0 Å². The third-order valence-corrected chi connectivity index (χ3v) is 3.01. The Bertz CT molecular complexity index is 647. The lowest BCUT2D eigenvalue weighted by Crippen LogP contribution is -2.28. The molecule has 0 aromatic carbocycles. The Morgan fingerprint density at radius 1 is 1.26 bits per heavy atom. The molecule has 0 saturated heterocycles. The van der Waals surface area contributed by atoms with E-state index < -0.39 is 23.6 Å². The number of carboxylic acids is 1.